The lowest BCUT2D eigenvalue weighted by molar-refractivity contribution is 0.512. The molecule has 0 unspecified atom stereocenters. The van der Waals surface area contributed by atoms with Crippen molar-refractivity contribution < 1.29 is 4.42 Å². The van der Waals surface area contributed by atoms with Gasteiger partial charge in [-0.25, -0.2) is 0 Å². The lowest BCUT2D eigenvalue weighted by Crippen LogP contribution is -2.11. The van der Waals surface area contributed by atoms with Crippen LogP contribution in [0.1, 0.15) is 12.7 Å². The Morgan fingerprint density at radius 2 is 2.00 bits per heavy atom. The van der Waals surface area contributed by atoms with E-state index in [0.717, 1.165) is 18.7 Å². The summed E-state index contributed by atoms with van der Waals surface area (Å²) in [5.41, 5.74) is 0. The summed E-state index contributed by atoms with van der Waals surface area (Å²) in [6.07, 6.45) is 2.41. The van der Waals surface area contributed by atoms with Crippen LogP contribution in [0.15, 0.2) is 22.8 Å². The number of nitrogens with one attached hydrogen (secondary N) is 2. The summed E-state index contributed by atoms with van der Waals surface area (Å²) < 4.78 is 5.23. The van der Waals surface area contributed by atoms with Crippen molar-refractivity contribution >= 4 is 23.5 Å². The van der Waals surface area contributed by atoms with Gasteiger partial charge in [0.2, 0.25) is 17.2 Å². The number of aromatic nitrogens is 3. The van der Waals surface area contributed by atoms with E-state index in [2.05, 4.69) is 25.6 Å². The van der Waals surface area contributed by atoms with Crippen LogP contribution in [0.25, 0.3) is 0 Å². The van der Waals surface area contributed by atoms with Gasteiger partial charge < -0.3 is 15.1 Å². The molecule has 2 rings (SSSR count). The molecule has 7 heteroatoms. The van der Waals surface area contributed by atoms with E-state index in [9.17, 15) is 0 Å². The van der Waals surface area contributed by atoms with Crippen LogP contribution in [0.5, 0.6) is 0 Å². The summed E-state index contributed by atoms with van der Waals surface area (Å²) in [5.74, 6) is 1.84. The molecule has 0 aliphatic heterocycles. The Labute approximate surface area is 110 Å². The molecule has 2 aromatic heterocycles. The SMILES string of the molecule is CCNc1nc(Cl)nc(NCCc2ccco2)n1. The Balaban J connectivity index is 1.92. The number of nitrogens with zero attached hydrogens (tertiary/aromatic N) is 3. The van der Waals surface area contributed by atoms with E-state index in [4.69, 9.17) is 16.0 Å². The van der Waals surface area contributed by atoms with Gasteiger partial charge >= 0.3 is 0 Å². The number of furan rings is 1. The van der Waals surface area contributed by atoms with Crippen LogP contribution >= 0.6 is 11.6 Å². The van der Waals surface area contributed by atoms with Crippen LogP contribution in [-0.4, -0.2) is 28.0 Å². The van der Waals surface area contributed by atoms with Crippen LogP contribution in [0.3, 0.4) is 0 Å². The molecule has 0 spiro atoms. The molecule has 0 saturated heterocycles. The molecule has 2 heterocycles. The molecule has 0 aromatic carbocycles. The van der Waals surface area contributed by atoms with E-state index in [1.54, 1.807) is 6.26 Å². The van der Waals surface area contributed by atoms with Crippen molar-refractivity contribution in [2.75, 3.05) is 23.7 Å². The first-order chi connectivity index (χ1) is 8.78. The van der Waals surface area contributed by atoms with E-state index in [0.29, 0.717) is 18.4 Å². The molecular formula is C11H14ClN5O. The molecule has 2 N–H and O–H groups in total. The molecule has 0 saturated carbocycles. The first-order valence-electron chi connectivity index (χ1n) is 5.69. The fraction of sp³-hybridized carbons (Fsp3) is 0.364. The standard InChI is InChI=1S/C11H14ClN5O/c1-2-13-10-15-9(12)16-11(17-10)14-6-5-8-4-3-7-18-8/h3-4,7H,2,5-6H2,1H3,(H2,13,14,15,16,17). The Kier molecular flexibility index (Phi) is 4.35. The third-order valence-corrected chi connectivity index (χ3v) is 2.35. The minimum absolute atomic E-state index is 0.168. The molecular weight excluding hydrogens is 254 g/mol. The van der Waals surface area contributed by atoms with Gasteiger partial charge in [0.1, 0.15) is 5.76 Å². The van der Waals surface area contributed by atoms with E-state index >= 15 is 0 Å². The van der Waals surface area contributed by atoms with Gasteiger partial charge in [0.15, 0.2) is 0 Å². The second kappa shape index (κ2) is 6.20. The third kappa shape index (κ3) is 3.59. The number of hydrogen-bond acceptors (Lipinski definition) is 6. The molecule has 0 aliphatic carbocycles. The van der Waals surface area contributed by atoms with E-state index in [1.807, 2.05) is 19.1 Å². The van der Waals surface area contributed by atoms with Gasteiger partial charge in [0, 0.05) is 19.5 Å². The van der Waals surface area contributed by atoms with Gasteiger partial charge in [-0.15, -0.1) is 0 Å². The second-order valence-corrected chi connectivity index (χ2v) is 3.88. The third-order valence-electron chi connectivity index (χ3n) is 2.18. The molecule has 96 valence electrons. The van der Waals surface area contributed by atoms with E-state index in [1.165, 1.54) is 0 Å². The first kappa shape index (κ1) is 12.6. The average molecular weight is 268 g/mol. The molecule has 0 fully saturated rings. The maximum Gasteiger partial charge on any atom is 0.228 e. The van der Waals surface area contributed by atoms with Gasteiger partial charge in [-0.1, -0.05) is 0 Å². The molecule has 0 bridgehead atoms. The predicted octanol–water partition coefficient (Wildman–Crippen LogP) is 2.20. The highest BCUT2D eigenvalue weighted by molar-refractivity contribution is 6.28. The van der Waals surface area contributed by atoms with Crippen molar-refractivity contribution in [1.29, 1.82) is 0 Å². The number of halogens is 1. The van der Waals surface area contributed by atoms with Gasteiger partial charge in [-0.05, 0) is 30.7 Å². The van der Waals surface area contributed by atoms with Crippen LogP contribution in [0, 0.1) is 0 Å². The summed E-state index contributed by atoms with van der Waals surface area (Å²) in [7, 11) is 0. The Bertz CT molecular complexity index is 488. The molecule has 6 nitrogen and oxygen atoms in total. The molecule has 0 radical (unpaired) electrons. The number of rotatable bonds is 6. The van der Waals surface area contributed by atoms with E-state index < -0.39 is 0 Å². The predicted molar refractivity (Wildman–Crippen MR) is 69.9 cm³/mol. The fourth-order valence-corrected chi connectivity index (χ4v) is 1.58. The van der Waals surface area contributed by atoms with Gasteiger partial charge in [0.05, 0.1) is 6.26 Å². The zero-order valence-corrected chi connectivity index (χ0v) is 10.7. The minimum Gasteiger partial charge on any atom is -0.469 e. The zero-order chi connectivity index (χ0) is 12.8. The molecule has 0 aliphatic rings. The van der Waals surface area contributed by atoms with Crippen molar-refractivity contribution in [2.24, 2.45) is 0 Å². The highest BCUT2D eigenvalue weighted by Gasteiger charge is 2.04. The topological polar surface area (TPSA) is 75.9 Å². The van der Waals surface area contributed by atoms with Crippen LogP contribution in [0.2, 0.25) is 5.28 Å². The number of anilines is 2. The summed E-state index contributed by atoms with van der Waals surface area (Å²) in [6, 6.07) is 3.78. The molecule has 0 amide bonds. The first-order valence-corrected chi connectivity index (χ1v) is 6.07. The maximum absolute atomic E-state index is 5.80. The summed E-state index contributed by atoms with van der Waals surface area (Å²) in [6.45, 7) is 3.35. The zero-order valence-electron chi connectivity index (χ0n) is 9.98. The van der Waals surface area contributed by atoms with Crippen molar-refractivity contribution in [3.8, 4) is 0 Å². The van der Waals surface area contributed by atoms with Gasteiger partial charge in [0.25, 0.3) is 0 Å². The Morgan fingerprint density at radius 1 is 1.22 bits per heavy atom. The fourth-order valence-electron chi connectivity index (χ4n) is 1.42. The maximum atomic E-state index is 5.80. The summed E-state index contributed by atoms with van der Waals surface area (Å²) in [5, 5.41) is 6.23. The average Bonchev–Trinajstić information content (AvgIpc) is 2.82. The quantitative estimate of drug-likeness (QED) is 0.836. The monoisotopic (exact) mass is 267 g/mol. The normalized spacial score (nSPS) is 10.3. The van der Waals surface area contributed by atoms with Crippen LogP contribution < -0.4 is 10.6 Å². The highest BCUT2D eigenvalue weighted by Crippen LogP contribution is 2.09. The number of hydrogen-bond donors (Lipinski definition) is 2. The van der Waals surface area contributed by atoms with Crippen LogP contribution in [-0.2, 0) is 6.42 Å². The molecule has 2 aromatic rings. The molecule has 0 atom stereocenters. The van der Waals surface area contributed by atoms with Crippen molar-refractivity contribution in [3.63, 3.8) is 0 Å². The lowest BCUT2D eigenvalue weighted by atomic mass is 10.3. The summed E-state index contributed by atoms with van der Waals surface area (Å²) >= 11 is 5.80. The minimum atomic E-state index is 0.168. The molecule has 18 heavy (non-hydrogen) atoms. The van der Waals surface area contributed by atoms with Crippen molar-refractivity contribution in [3.05, 3.63) is 29.4 Å². The van der Waals surface area contributed by atoms with E-state index in [-0.39, 0.29) is 5.28 Å². The van der Waals surface area contributed by atoms with Gasteiger partial charge in [-0.3, -0.25) is 0 Å². The lowest BCUT2D eigenvalue weighted by Gasteiger charge is -2.06. The van der Waals surface area contributed by atoms with Crippen LogP contribution in [0.4, 0.5) is 11.9 Å². The smallest absolute Gasteiger partial charge is 0.228 e. The van der Waals surface area contributed by atoms with Crippen molar-refractivity contribution in [1.82, 2.24) is 15.0 Å². The second-order valence-electron chi connectivity index (χ2n) is 3.54. The Hall–Kier alpha value is -1.82. The van der Waals surface area contributed by atoms with Crippen molar-refractivity contribution in [2.45, 2.75) is 13.3 Å². The Morgan fingerprint density at radius 3 is 2.67 bits per heavy atom. The van der Waals surface area contributed by atoms with Gasteiger partial charge in [-0.2, -0.15) is 15.0 Å². The summed E-state index contributed by atoms with van der Waals surface area (Å²) in [4.78, 5) is 12.1. The largest absolute Gasteiger partial charge is 0.469 e. The highest BCUT2D eigenvalue weighted by atomic mass is 35.5.